The van der Waals surface area contributed by atoms with Crippen molar-refractivity contribution in [1.82, 2.24) is 4.90 Å². The third-order valence-corrected chi connectivity index (χ3v) is 8.23. The first kappa shape index (κ1) is 26.3. The van der Waals surface area contributed by atoms with Crippen LogP contribution in [0.25, 0.3) is 0 Å². The maximum atomic E-state index is 14.0. The van der Waals surface area contributed by atoms with Gasteiger partial charge in [-0.2, -0.15) is 0 Å². The monoisotopic (exact) mass is 513 g/mol. The van der Waals surface area contributed by atoms with E-state index in [1.807, 2.05) is 24.3 Å². The number of hydrogen-bond acceptors (Lipinski definition) is 5. The van der Waals surface area contributed by atoms with Gasteiger partial charge in [0.05, 0.1) is 14.2 Å². The number of benzene rings is 2. The van der Waals surface area contributed by atoms with Crippen molar-refractivity contribution in [3.8, 4) is 11.5 Å². The van der Waals surface area contributed by atoms with E-state index in [0.717, 1.165) is 53.9 Å². The number of hydrogen-bond donors (Lipinski definition) is 0. The van der Waals surface area contributed by atoms with E-state index in [9.17, 15) is 9.59 Å². The Balaban J connectivity index is 1.71. The van der Waals surface area contributed by atoms with Gasteiger partial charge in [-0.25, -0.2) is 0 Å². The lowest BCUT2D eigenvalue weighted by Gasteiger charge is -2.49. The SMILES string of the molecule is COc1ccc(C2C3=C(CC(C)(C)CC3=O)N(CCc3ccccc3)C3=C2C(=O)CC(C)(C)C3)cc1OC. The topological polar surface area (TPSA) is 55.8 Å². The average molecular weight is 514 g/mol. The van der Waals surface area contributed by atoms with Crippen LogP contribution < -0.4 is 9.47 Å². The van der Waals surface area contributed by atoms with E-state index >= 15 is 0 Å². The van der Waals surface area contributed by atoms with E-state index in [0.29, 0.717) is 24.3 Å². The van der Waals surface area contributed by atoms with Gasteiger partial charge in [-0.05, 0) is 53.4 Å². The maximum Gasteiger partial charge on any atom is 0.162 e. The first-order valence-electron chi connectivity index (χ1n) is 13.6. The summed E-state index contributed by atoms with van der Waals surface area (Å²) in [6.07, 6.45) is 3.41. The molecule has 0 atom stereocenters. The first-order chi connectivity index (χ1) is 18.0. The lowest BCUT2D eigenvalue weighted by molar-refractivity contribution is -0.119. The molecule has 0 amide bonds. The Hall–Kier alpha value is -3.34. The summed E-state index contributed by atoms with van der Waals surface area (Å²) in [7, 11) is 3.23. The molecule has 0 fully saturated rings. The minimum absolute atomic E-state index is 0.143. The Morgan fingerprint density at radius 2 is 1.32 bits per heavy atom. The maximum absolute atomic E-state index is 14.0. The van der Waals surface area contributed by atoms with Crippen LogP contribution in [0, 0.1) is 10.8 Å². The van der Waals surface area contributed by atoms with E-state index in [-0.39, 0.29) is 28.3 Å². The van der Waals surface area contributed by atoms with Gasteiger partial charge in [0.2, 0.25) is 0 Å². The molecular formula is C33H39NO4. The summed E-state index contributed by atoms with van der Waals surface area (Å²) < 4.78 is 11.1. The van der Waals surface area contributed by atoms with Crippen LogP contribution in [0.2, 0.25) is 0 Å². The Kier molecular flexibility index (Phi) is 6.75. The number of allylic oxidation sites excluding steroid dienone is 4. The van der Waals surface area contributed by atoms with Crippen LogP contribution >= 0.6 is 0 Å². The van der Waals surface area contributed by atoms with Gasteiger partial charge in [0.15, 0.2) is 23.1 Å². The highest BCUT2D eigenvalue weighted by Gasteiger charge is 2.48. The van der Waals surface area contributed by atoms with Crippen molar-refractivity contribution >= 4 is 11.6 Å². The van der Waals surface area contributed by atoms with Crippen LogP contribution in [0.15, 0.2) is 71.1 Å². The standard InChI is InChI=1S/C33H39NO4/c1-32(2)17-23-30(25(35)19-32)29(22-12-13-27(37-5)28(16-22)38-6)31-24(18-33(3,4)20-26(31)36)34(23)15-14-21-10-8-7-9-11-21/h7-13,16,29H,14-15,17-20H2,1-6H3. The molecule has 0 aromatic heterocycles. The number of methoxy groups -OCH3 is 2. The van der Waals surface area contributed by atoms with Crippen molar-refractivity contribution in [2.45, 2.75) is 65.7 Å². The largest absolute Gasteiger partial charge is 0.493 e. The third kappa shape index (κ3) is 4.79. The molecule has 0 spiro atoms. The van der Waals surface area contributed by atoms with E-state index in [1.165, 1.54) is 5.56 Å². The molecule has 0 bridgehead atoms. The second kappa shape index (κ2) is 9.76. The van der Waals surface area contributed by atoms with E-state index < -0.39 is 0 Å². The van der Waals surface area contributed by atoms with Gasteiger partial charge in [0.25, 0.3) is 0 Å². The summed E-state index contributed by atoms with van der Waals surface area (Å²) in [6.45, 7) is 9.45. The Bertz CT molecular complexity index is 1280. The van der Waals surface area contributed by atoms with E-state index in [4.69, 9.17) is 9.47 Å². The van der Waals surface area contributed by atoms with Crippen LogP contribution in [-0.2, 0) is 16.0 Å². The van der Waals surface area contributed by atoms with Crippen LogP contribution in [0.3, 0.4) is 0 Å². The van der Waals surface area contributed by atoms with Crippen molar-refractivity contribution in [3.05, 3.63) is 82.2 Å². The lowest BCUT2D eigenvalue weighted by atomic mass is 9.63. The van der Waals surface area contributed by atoms with Gasteiger partial charge < -0.3 is 14.4 Å². The molecule has 0 saturated heterocycles. The molecule has 0 radical (unpaired) electrons. The number of Topliss-reactive ketones (excluding diaryl/α,β-unsaturated/α-hetero) is 2. The zero-order chi connectivity index (χ0) is 27.2. The zero-order valence-electron chi connectivity index (χ0n) is 23.5. The summed E-state index contributed by atoms with van der Waals surface area (Å²) in [4.78, 5) is 30.3. The number of nitrogens with zero attached hydrogens (tertiary/aromatic N) is 1. The predicted octanol–water partition coefficient (Wildman–Crippen LogP) is 6.63. The molecule has 5 heteroatoms. The molecular weight excluding hydrogens is 474 g/mol. The fourth-order valence-electron chi connectivity index (χ4n) is 6.57. The van der Waals surface area contributed by atoms with Gasteiger partial charge in [-0.3, -0.25) is 9.59 Å². The molecule has 38 heavy (non-hydrogen) atoms. The van der Waals surface area contributed by atoms with Crippen LogP contribution in [0.5, 0.6) is 11.5 Å². The Labute approximate surface area is 226 Å². The van der Waals surface area contributed by atoms with Gasteiger partial charge in [-0.15, -0.1) is 0 Å². The van der Waals surface area contributed by atoms with Crippen molar-refractivity contribution < 1.29 is 19.1 Å². The normalized spacial score (nSPS) is 20.8. The van der Waals surface area contributed by atoms with Crippen molar-refractivity contribution in [2.75, 3.05) is 20.8 Å². The highest BCUT2D eigenvalue weighted by molar-refractivity contribution is 6.06. The fraction of sp³-hybridized carbons (Fsp3) is 0.455. The molecule has 3 aliphatic rings. The minimum Gasteiger partial charge on any atom is -0.493 e. The molecule has 5 rings (SSSR count). The molecule has 1 heterocycles. The first-order valence-corrected chi connectivity index (χ1v) is 13.6. The molecule has 0 N–H and O–H groups in total. The number of ketones is 2. The van der Waals surface area contributed by atoms with Crippen molar-refractivity contribution in [2.24, 2.45) is 10.8 Å². The number of carbonyl (C=O) groups excluding carboxylic acids is 2. The number of rotatable bonds is 6. The summed E-state index contributed by atoms with van der Waals surface area (Å²) in [5.74, 6) is 1.13. The van der Waals surface area contributed by atoms with Crippen molar-refractivity contribution in [3.63, 3.8) is 0 Å². The second-order valence-corrected chi connectivity index (χ2v) is 12.5. The predicted molar refractivity (Wildman–Crippen MR) is 149 cm³/mol. The molecule has 2 aliphatic carbocycles. The van der Waals surface area contributed by atoms with Crippen LogP contribution in [-0.4, -0.2) is 37.2 Å². The second-order valence-electron chi connectivity index (χ2n) is 12.5. The molecule has 5 nitrogen and oxygen atoms in total. The number of ether oxygens (including phenoxy) is 2. The smallest absolute Gasteiger partial charge is 0.162 e. The van der Waals surface area contributed by atoms with Gasteiger partial charge in [0, 0.05) is 47.8 Å². The minimum atomic E-state index is -0.389. The molecule has 0 saturated carbocycles. The molecule has 2 aromatic carbocycles. The fourth-order valence-corrected chi connectivity index (χ4v) is 6.57. The lowest BCUT2D eigenvalue weighted by Crippen LogP contribution is -2.45. The van der Waals surface area contributed by atoms with Crippen molar-refractivity contribution in [1.29, 1.82) is 0 Å². The molecule has 200 valence electrons. The highest BCUT2D eigenvalue weighted by Crippen LogP contribution is 2.54. The molecule has 1 aliphatic heterocycles. The quantitative estimate of drug-likeness (QED) is 0.434. The molecule has 2 aromatic rings. The van der Waals surface area contributed by atoms with Gasteiger partial charge in [0.1, 0.15) is 0 Å². The zero-order valence-corrected chi connectivity index (χ0v) is 23.5. The van der Waals surface area contributed by atoms with E-state index in [1.54, 1.807) is 14.2 Å². The summed E-state index contributed by atoms with van der Waals surface area (Å²) in [5, 5.41) is 0. The van der Waals surface area contributed by atoms with E-state index in [2.05, 4.69) is 56.9 Å². The summed E-state index contributed by atoms with van der Waals surface area (Å²) >= 11 is 0. The van der Waals surface area contributed by atoms with Gasteiger partial charge >= 0.3 is 0 Å². The highest BCUT2D eigenvalue weighted by atomic mass is 16.5. The average Bonchev–Trinajstić information content (AvgIpc) is 2.86. The summed E-state index contributed by atoms with van der Waals surface area (Å²) in [6, 6.07) is 16.3. The summed E-state index contributed by atoms with van der Waals surface area (Å²) in [5.41, 5.74) is 5.63. The third-order valence-electron chi connectivity index (χ3n) is 8.23. The van der Waals surface area contributed by atoms with Crippen LogP contribution in [0.4, 0.5) is 0 Å². The Morgan fingerprint density at radius 1 is 0.763 bits per heavy atom. The van der Waals surface area contributed by atoms with Crippen LogP contribution in [0.1, 0.15) is 70.4 Å². The molecule has 0 unspecified atom stereocenters. The number of carbonyl (C=O) groups is 2. The van der Waals surface area contributed by atoms with Gasteiger partial charge in [-0.1, -0.05) is 64.1 Å². The Morgan fingerprint density at radius 3 is 1.84 bits per heavy atom.